The van der Waals surface area contributed by atoms with Gasteiger partial charge in [-0.05, 0) is 22.0 Å². The zero-order valence-electron chi connectivity index (χ0n) is 9.33. The molecule has 0 aliphatic rings. The van der Waals surface area contributed by atoms with Crippen LogP contribution in [0.5, 0.6) is 0 Å². The van der Waals surface area contributed by atoms with Crippen molar-refractivity contribution in [1.29, 1.82) is 0 Å². The largest absolute Gasteiger partial charge is 0.390 e. The van der Waals surface area contributed by atoms with E-state index >= 15 is 0 Å². The number of halogens is 2. The number of hydrogen-bond donors (Lipinski definition) is 2. The van der Waals surface area contributed by atoms with Crippen molar-refractivity contribution < 1.29 is 12.2 Å². The molecule has 0 unspecified atom stereocenters. The number of nitrogens with one attached hydrogen (secondary N) is 1. The van der Waals surface area contributed by atoms with Crippen LogP contribution in [0.25, 0.3) is 11.3 Å². The van der Waals surface area contributed by atoms with Crippen LogP contribution in [0.15, 0.2) is 23.2 Å². The van der Waals surface area contributed by atoms with Gasteiger partial charge >= 0.3 is 0 Å². The fraction of sp³-hybridized carbons (Fsp3) is 0.111. The Kier molecular flexibility index (Phi) is 2.16. The first kappa shape index (κ1) is 7.95. The van der Waals surface area contributed by atoms with E-state index in [0.29, 0.717) is 4.60 Å². The van der Waals surface area contributed by atoms with E-state index in [-0.39, 0.29) is 11.3 Å². The smallest absolute Gasteiger partial charge is 0.156 e. The minimum Gasteiger partial charge on any atom is -0.390 e. The molecule has 0 spiro atoms. The van der Waals surface area contributed by atoms with Crippen LogP contribution in [0, 0.1) is 5.82 Å². The van der Waals surface area contributed by atoms with Crippen LogP contribution in [-0.4, -0.2) is 20.1 Å². The molecule has 2 rings (SSSR count). The highest BCUT2D eigenvalue weighted by molar-refractivity contribution is 9.10. The number of aromatic amines is 1. The predicted molar refractivity (Wildman–Crippen MR) is 55.4 cm³/mol. The molecule has 15 heavy (non-hydrogen) atoms. The van der Waals surface area contributed by atoms with E-state index in [1.165, 1.54) is 18.6 Å². The van der Waals surface area contributed by atoms with Crippen molar-refractivity contribution in [3.8, 4) is 11.3 Å². The van der Waals surface area contributed by atoms with Gasteiger partial charge in [-0.15, -0.1) is 0 Å². The Morgan fingerprint density at radius 1 is 1.60 bits per heavy atom. The number of nitrogens with zero attached hydrogens (tertiary/aromatic N) is 2. The molecule has 0 atom stereocenters. The summed E-state index contributed by atoms with van der Waals surface area (Å²) in [6.45, 7) is -2.83. The van der Waals surface area contributed by atoms with Gasteiger partial charge in [-0.3, -0.25) is 4.98 Å². The van der Waals surface area contributed by atoms with Crippen LogP contribution in [0.2, 0.25) is 0 Å². The van der Waals surface area contributed by atoms with Gasteiger partial charge in [0.15, 0.2) is 5.82 Å². The third-order valence-corrected chi connectivity index (χ3v) is 2.45. The topological polar surface area (TPSA) is 61.8 Å². The first-order chi connectivity index (χ1) is 7.91. The molecule has 0 bridgehead atoms. The molecule has 2 aromatic rings. The molecule has 2 aromatic heterocycles. The normalized spacial score (nSPS) is 13.5. The van der Waals surface area contributed by atoms with Crippen molar-refractivity contribution in [3.63, 3.8) is 0 Å². The second-order valence-electron chi connectivity index (χ2n) is 2.70. The number of H-pyrrole nitrogens is 1. The van der Waals surface area contributed by atoms with Crippen LogP contribution < -0.4 is 0 Å². The average molecular weight is 274 g/mol. The number of imidazole rings is 1. The Morgan fingerprint density at radius 2 is 2.40 bits per heavy atom. The minimum atomic E-state index is -2.83. The Balaban J connectivity index is 2.62. The van der Waals surface area contributed by atoms with Crippen molar-refractivity contribution in [2.24, 2.45) is 0 Å². The van der Waals surface area contributed by atoms with E-state index in [1.54, 1.807) is 0 Å². The second kappa shape index (κ2) is 4.08. The second-order valence-corrected chi connectivity index (χ2v) is 3.49. The summed E-state index contributed by atoms with van der Waals surface area (Å²) in [5.74, 6) is -0.937. The van der Waals surface area contributed by atoms with Gasteiger partial charge < -0.3 is 10.1 Å². The van der Waals surface area contributed by atoms with E-state index < -0.39 is 18.1 Å². The number of rotatable bonds is 2. The summed E-state index contributed by atoms with van der Waals surface area (Å²) in [6.07, 6.45) is 2.58. The summed E-state index contributed by atoms with van der Waals surface area (Å²) in [6, 6.07) is 1.35. The first-order valence-corrected chi connectivity index (χ1v) is 4.77. The lowest BCUT2D eigenvalue weighted by atomic mass is 10.1. The van der Waals surface area contributed by atoms with Crippen LogP contribution in [0.1, 0.15) is 8.44 Å². The van der Waals surface area contributed by atoms with Gasteiger partial charge in [0.1, 0.15) is 16.0 Å². The van der Waals surface area contributed by atoms with E-state index in [2.05, 4.69) is 30.9 Å². The highest BCUT2D eigenvalue weighted by atomic mass is 79.9. The molecule has 0 aliphatic heterocycles. The van der Waals surface area contributed by atoms with Gasteiger partial charge in [0.05, 0.1) is 15.6 Å². The summed E-state index contributed by atoms with van der Waals surface area (Å²) in [5, 5.41) is 9.15. The minimum absolute atomic E-state index is 0.0565. The molecule has 0 fully saturated rings. The Bertz CT molecular complexity index is 555. The van der Waals surface area contributed by atoms with Gasteiger partial charge in [-0.1, -0.05) is 0 Å². The molecule has 0 saturated heterocycles. The highest BCUT2D eigenvalue weighted by Crippen LogP contribution is 2.27. The van der Waals surface area contributed by atoms with Gasteiger partial charge in [-0.2, -0.15) is 0 Å². The van der Waals surface area contributed by atoms with Crippen LogP contribution in [-0.2, 0) is 6.56 Å². The molecule has 2 N–H and O–H groups in total. The lowest BCUT2D eigenvalue weighted by molar-refractivity contribution is 0.270. The predicted octanol–water partition coefficient (Wildman–Crippen LogP) is 1.87. The Hall–Kier alpha value is -1.27. The SMILES string of the molecule is [2H]C([2H])(O)c1nccc(-c2nc[nH]c2Br)c1F. The third-order valence-electron chi connectivity index (χ3n) is 1.84. The quantitative estimate of drug-likeness (QED) is 0.878. The molecule has 4 nitrogen and oxygen atoms in total. The summed E-state index contributed by atoms with van der Waals surface area (Å²) >= 11 is 3.15. The average Bonchev–Trinajstić information content (AvgIpc) is 2.63. The number of hydrogen-bond acceptors (Lipinski definition) is 3. The van der Waals surface area contributed by atoms with E-state index in [4.69, 9.17) is 7.85 Å². The molecule has 0 saturated carbocycles. The summed E-state index contributed by atoms with van der Waals surface area (Å²) in [4.78, 5) is 10.1. The van der Waals surface area contributed by atoms with Crippen LogP contribution in [0.3, 0.4) is 0 Å². The molecular formula is C9H7BrFN3O. The zero-order chi connectivity index (χ0) is 12.6. The van der Waals surface area contributed by atoms with Gasteiger partial charge in [0, 0.05) is 11.8 Å². The van der Waals surface area contributed by atoms with Crippen molar-refractivity contribution in [2.45, 2.75) is 6.56 Å². The highest BCUT2D eigenvalue weighted by Gasteiger charge is 2.14. The maximum absolute atomic E-state index is 14.0. The van der Waals surface area contributed by atoms with Crippen molar-refractivity contribution >= 4 is 15.9 Å². The molecule has 0 aliphatic carbocycles. The Morgan fingerprint density at radius 3 is 3.00 bits per heavy atom. The van der Waals surface area contributed by atoms with Crippen LogP contribution in [0.4, 0.5) is 4.39 Å². The van der Waals surface area contributed by atoms with E-state index in [0.717, 1.165) is 0 Å². The first-order valence-electron chi connectivity index (χ1n) is 4.98. The monoisotopic (exact) mass is 273 g/mol. The standard InChI is InChI=1S/C9H7BrFN3O/c10-9-8(13-4-14-9)5-1-2-12-6(3-15)7(5)11/h1-2,4,15H,3H2,(H,13,14)/i3D2. The molecule has 78 valence electrons. The van der Waals surface area contributed by atoms with Gasteiger partial charge in [0.25, 0.3) is 0 Å². The zero-order valence-corrected chi connectivity index (χ0v) is 8.92. The number of aliphatic hydroxyl groups is 1. The molecule has 0 aromatic carbocycles. The molecule has 6 heteroatoms. The third kappa shape index (κ3) is 1.78. The van der Waals surface area contributed by atoms with E-state index in [1.807, 2.05) is 0 Å². The summed E-state index contributed by atoms with van der Waals surface area (Å²) < 4.78 is 28.6. The fourth-order valence-corrected chi connectivity index (χ4v) is 1.59. The van der Waals surface area contributed by atoms with E-state index in [9.17, 15) is 4.39 Å². The van der Waals surface area contributed by atoms with Crippen molar-refractivity contribution in [1.82, 2.24) is 15.0 Å². The van der Waals surface area contributed by atoms with Gasteiger partial charge in [-0.25, -0.2) is 9.37 Å². The fourth-order valence-electron chi connectivity index (χ4n) is 1.17. The summed E-state index contributed by atoms with van der Waals surface area (Å²) in [7, 11) is 0. The maximum atomic E-state index is 14.0. The number of pyridine rings is 1. The lowest BCUT2D eigenvalue weighted by Crippen LogP contribution is -1.97. The molecule has 0 amide bonds. The molecular weight excluding hydrogens is 265 g/mol. The number of aromatic nitrogens is 3. The lowest BCUT2D eigenvalue weighted by Gasteiger charge is -2.03. The summed E-state index contributed by atoms with van der Waals surface area (Å²) in [5.41, 5.74) is -0.318. The van der Waals surface area contributed by atoms with Crippen LogP contribution >= 0.6 is 15.9 Å². The Labute approximate surface area is 96.1 Å². The van der Waals surface area contributed by atoms with Crippen molar-refractivity contribution in [2.75, 3.05) is 0 Å². The molecule has 2 heterocycles. The van der Waals surface area contributed by atoms with Crippen molar-refractivity contribution in [3.05, 3.63) is 34.7 Å². The van der Waals surface area contributed by atoms with Gasteiger partial charge in [0.2, 0.25) is 0 Å². The maximum Gasteiger partial charge on any atom is 0.156 e. The molecule has 0 radical (unpaired) electrons.